The Balaban J connectivity index is 2.12. The van der Waals surface area contributed by atoms with E-state index in [9.17, 15) is 0 Å². The highest BCUT2D eigenvalue weighted by Crippen LogP contribution is 2.32. The number of hydrogen-bond acceptors (Lipinski definition) is 2. The lowest BCUT2D eigenvalue weighted by molar-refractivity contribution is 0.0964. The Hall–Kier alpha value is -1.06. The molecule has 0 saturated heterocycles. The van der Waals surface area contributed by atoms with Crippen LogP contribution in [0.3, 0.4) is 0 Å². The summed E-state index contributed by atoms with van der Waals surface area (Å²) in [4.78, 5) is 2.57. The molecular formula is C20H33NOSi. The molecule has 0 saturated carbocycles. The van der Waals surface area contributed by atoms with Crippen LogP contribution in [0.1, 0.15) is 46.6 Å². The summed E-state index contributed by atoms with van der Waals surface area (Å²) in [6.45, 7) is 13.5. The third-order valence-electron chi connectivity index (χ3n) is 5.53. The Morgan fingerprint density at radius 1 is 1.04 bits per heavy atom. The molecule has 0 fully saturated rings. The van der Waals surface area contributed by atoms with Crippen LogP contribution in [-0.4, -0.2) is 25.3 Å². The largest absolute Gasteiger partial charge is 0.546 e. The second-order valence-corrected chi connectivity index (χ2v) is 12.1. The van der Waals surface area contributed by atoms with Gasteiger partial charge in [0.15, 0.2) is 0 Å². The van der Waals surface area contributed by atoms with Gasteiger partial charge in [-0.15, -0.1) is 0 Å². The van der Waals surface area contributed by atoms with Crippen molar-refractivity contribution in [2.75, 3.05) is 6.54 Å². The van der Waals surface area contributed by atoms with E-state index in [1.807, 2.05) is 0 Å². The summed E-state index contributed by atoms with van der Waals surface area (Å²) in [5.74, 6) is 1.22. The SMILES string of the molecule is CC[Si](CC)(CC)OC1=CCC(C)(C)N(Cc2ccccc2)C1. The minimum Gasteiger partial charge on any atom is -0.546 e. The fraction of sp³-hybridized carbons (Fsp3) is 0.600. The zero-order valence-electron chi connectivity index (χ0n) is 15.6. The van der Waals surface area contributed by atoms with E-state index in [0.29, 0.717) is 0 Å². The molecule has 0 unspecified atom stereocenters. The third kappa shape index (κ3) is 4.48. The smallest absolute Gasteiger partial charge is 0.250 e. The second-order valence-electron chi connectivity index (χ2n) is 7.37. The lowest BCUT2D eigenvalue weighted by atomic mass is 9.93. The van der Waals surface area contributed by atoms with Gasteiger partial charge in [-0.2, -0.15) is 0 Å². The van der Waals surface area contributed by atoms with E-state index >= 15 is 0 Å². The Morgan fingerprint density at radius 2 is 1.65 bits per heavy atom. The van der Waals surface area contributed by atoms with E-state index in [1.54, 1.807) is 0 Å². The van der Waals surface area contributed by atoms with Gasteiger partial charge in [-0.05, 0) is 50.0 Å². The van der Waals surface area contributed by atoms with E-state index < -0.39 is 8.32 Å². The Kier molecular flexibility index (Phi) is 6.10. The molecule has 2 rings (SSSR count). The molecule has 0 N–H and O–H groups in total. The molecule has 0 atom stereocenters. The van der Waals surface area contributed by atoms with Crippen molar-refractivity contribution in [2.24, 2.45) is 0 Å². The van der Waals surface area contributed by atoms with Crippen molar-refractivity contribution in [3.05, 3.63) is 47.7 Å². The number of nitrogens with zero attached hydrogens (tertiary/aromatic N) is 1. The van der Waals surface area contributed by atoms with Gasteiger partial charge in [0.2, 0.25) is 8.32 Å². The summed E-state index contributed by atoms with van der Waals surface area (Å²) >= 11 is 0. The van der Waals surface area contributed by atoms with Gasteiger partial charge >= 0.3 is 0 Å². The molecule has 1 aliphatic rings. The lowest BCUT2D eigenvalue weighted by Gasteiger charge is -2.43. The van der Waals surface area contributed by atoms with Crippen LogP contribution < -0.4 is 0 Å². The van der Waals surface area contributed by atoms with E-state index in [4.69, 9.17) is 4.43 Å². The predicted molar refractivity (Wildman–Crippen MR) is 102 cm³/mol. The summed E-state index contributed by atoms with van der Waals surface area (Å²) in [6.07, 6.45) is 3.42. The topological polar surface area (TPSA) is 12.5 Å². The first-order chi connectivity index (χ1) is 10.9. The molecule has 0 amide bonds. The number of benzene rings is 1. The standard InChI is InChI=1S/C20H33NOSi/c1-6-23(7-2,8-3)22-19-14-15-20(4,5)21(17-19)16-18-12-10-9-11-13-18/h9-14H,6-8,15-17H2,1-5H3. The Bertz CT molecular complexity index is 511. The average molecular weight is 332 g/mol. The number of hydrogen-bond donors (Lipinski definition) is 0. The summed E-state index contributed by atoms with van der Waals surface area (Å²) in [5, 5.41) is 0. The van der Waals surface area contributed by atoms with Crippen molar-refractivity contribution in [3.63, 3.8) is 0 Å². The molecule has 1 heterocycles. The summed E-state index contributed by atoms with van der Waals surface area (Å²) < 4.78 is 6.65. The minimum atomic E-state index is -1.57. The van der Waals surface area contributed by atoms with Crippen LogP contribution in [0.25, 0.3) is 0 Å². The van der Waals surface area contributed by atoms with Crippen LogP contribution in [0.4, 0.5) is 0 Å². The maximum absolute atomic E-state index is 6.65. The molecule has 1 aromatic rings. The molecule has 1 aromatic carbocycles. The van der Waals surface area contributed by atoms with Gasteiger partial charge in [0.05, 0.1) is 12.3 Å². The molecule has 3 heteroatoms. The Labute approximate surface area is 143 Å². The second kappa shape index (κ2) is 7.67. The van der Waals surface area contributed by atoms with E-state index in [0.717, 1.165) is 19.5 Å². The first-order valence-electron chi connectivity index (χ1n) is 9.11. The first-order valence-corrected chi connectivity index (χ1v) is 11.6. The molecule has 0 radical (unpaired) electrons. The summed E-state index contributed by atoms with van der Waals surface area (Å²) in [5.41, 5.74) is 1.57. The highest BCUT2D eigenvalue weighted by molar-refractivity contribution is 6.73. The first kappa shape index (κ1) is 18.3. The van der Waals surface area contributed by atoms with Gasteiger partial charge in [0, 0.05) is 12.1 Å². The lowest BCUT2D eigenvalue weighted by Crippen LogP contribution is -2.48. The predicted octanol–water partition coefficient (Wildman–Crippen LogP) is 5.58. The van der Waals surface area contributed by atoms with Crippen LogP contribution >= 0.6 is 0 Å². The molecule has 0 aromatic heterocycles. The third-order valence-corrected chi connectivity index (χ3v) is 10.1. The maximum Gasteiger partial charge on any atom is 0.250 e. The molecule has 128 valence electrons. The molecule has 2 nitrogen and oxygen atoms in total. The fourth-order valence-electron chi connectivity index (χ4n) is 3.35. The van der Waals surface area contributed by atoms with E-state index in [-0.39, 0.29) is 5.54 Å². The summed E-state index contributed by atoms with van der Waals surface area (Å²) in [7, 11) is -1.57. The van der Waals surface area contributed by atoms with Crippen molar-refractivity contribution in [2.45, 2.75) is 71.3 Å². The molecular weight excluding hydrogens is 298 g/mol. The van der Waals surface area contributed by atoms with Crippen molar-refractivity contribution >= 4 is 8.32 Å². The molecule has 23 heavy (non-hydrogen) atoms. The van der Waals surface area contributed by atoms with Gasteiger partial charge in [0.1, 0.15) is 0 Å². The maximum atomic E-state index is 6.65. The van der Waals surface area contributed by atoms with Gasteiger partial charge in [-0.1, -0.05) is 51.1 Å². The average Bonchev–Trinajstić information content (AvgIpc) is 2.57. The van der Waals surface area contributed by atoms with Gasteiger partial charge in [-0.3, -0.25) is 4.90 Å². The van der Waals surface area contributed by atoms with Crippen LogP contribution in [0, 0.1) is 0 Å². The van der Waals surface area contributed by atoms with Crippen LogP contribution in [0.2, 0.25) is 18.1 Å². The zero-order valence-corrected chi connectivity index (χ0v) is 16.6. The van der Waals surface area contributed by atoms with Crippen molar-refractivity contribution < 1.29 is 4.43 Å². The van der Waals surface area contributed by atoms with Crippen LogP contribution in [0.15, 0.2) is 42.2 Å². The van der Waals surface area contributed by atoms with Crippen LogP contribution in [-0.2, 0) is 11.0 Å². The molecule has 0 aliphatic carbocycles. The fourth-order valence-corrected chi connectivity index (χ4v) is 5.99. The van der Waals surface area contributed by atoms with Crippen LogP contribution in [0.5, 0.6) is 0 Å². The molecule has 0 spiro atoms. The van der Waals surface area contributed by atoms with Gasteiger partial charge in [-0.25, -0.2) is 0 Å². The van der Waals surface area contributed by atoms with Crippen molar-refractivity contribution in [1.82, 2.24) is 4.90 Å². The highest BCUT2D eigenvalue weighted by Gasteiger charge is 2.35. The normalized spacial score (nSPS) is 18.6. The van der Waals surface area contributed by atoms with Gasteiger partial charge in [0.25, 0.3) is 0 Å². The Morgan fingerprint density at radius 3 is 2.22 bits per heavy atom. The molecule has 0 bridgehead atoms. The highest BCUT2D eigenvalue weighted by atomic mass is 28.4. The van der Waals surface area contributed by atoms with Gasteiger partial charge < -0.3 is 4.43 Å². The van der Waals surface area contributed by atoms with E-state index in [1.165, 1.54) is 29.5 Å². The zero-order chi connectivity index (χ0) is 16.9. The van der Waals surface area contributed by atoms with Crippen molar-refractivity contribution in [1.29, 1.82) is 0 Å². The summed E-state index contributed by atoms with van der Waals surface area (Å²) in [6, 6.07) is 14.4. The van der Waals surface area contributed by atoms with Crippen molar-refractivity contribution in [3.8, 4) is 0 Å². The van der Waals surface area contributed by atoms with E-state index in [2.05, 4.69) is 75.9 Å². The minimum absolute atomic E-state index is 0.192. The molecule has 1 aliphatic heterocycles. The quantitative estimate of drug-likeness (QED) is 0.605. The monoisotopic (exact) mass is 331 g/mol. The number of rotatable bonds is 7.